The van der Waals surface area contributed by atoms with E-state index in [0.29, 0.717) is 23.9 Å². The van der Waals surface area contributed by atoms with Gasteiger partial charge < -0.3 is 26.2 Å². The van der Waals surface area contributed by atoms with Gasteiger partial charge in [0.15, 0.2) is 11.4 Å². The molecule has 0 bridgehead atoms. The topological polar surface area (TPSA) is 161 Å². The van der Waals surface area contributed by atoms with E-state index in [9.17, 15) is 34.8 Å². The third-order valence-corrected chi connectivity index (χ3v) is 10.2. The average molecular weight is 583 g/mol. The average Bonchev–Trinajstić information content (AvgIpc) is 3.77. The lowest BCUT2D eigenvalue weighted by molar-refractivity contribution is -0.147. The van der Waals surface area contributed by atoms with E-state index in [4.69, 9.17) is 5.73 Å². The van der Waals surface area contributed by atoms with Crippen molar-refractivity contribution in [3.8, 4) is 5.75 Å². The number of phenolic OH excluding ortho intramolecular Hbond substituents is 1. The number of aliphatic hydroxyl groups is 3. The van der Waals surface area contributed by atoms with Crippen LogP contribution >= 0.6 is 0 Å². The molecular formula is C32H39FN2O7. The molecule has 0 heterocycles. The van der Waals surface area contributed by atoms with E-state index >= 15 is 4.39 Å². The number of ketones is 2. The minimum Gasteiger partial charge on any atom is -0.508 e. The summed E-state index contributed by atoms with van der Waals surface area (Å²) in [6.07, 6.45) is 9.12. The summed E-state index contributed by atoms with van der Waals surface area (Å²) in [6, 6.07) is 1.31. The molecule has 6 rings (SSSR count). The smallest absolute Gasteiger partial charge is 0.255 e. The minimum absolute atomic E-state index is 0.0250. The van der Waals surface area contributed by atoms with Crippen molar-refractivity contribution in [1.82, 2.24) is 4.90 Å². The van der Waals surface area contributed by atoms with Gasteiger partial charge in [0.2, 0.25) is 5.78 Å². The first kappa shape index (κ1) is 28.9. The van der Waals surface area contributed by atoms with E-state index in [-0.39, 0.29) is 35.3 Å². The normalized spacial score (nSPS) is 28.5. The van der Waals surface area contributed by atoms with Crippen molar-refractivity contribution in [3.63, 3.8) is 0 Å². The van der Waals surface area contributed by atoms with Crippen LogP contribution in [0.3, 0.4) is 0 Å². The lowest BCUT2D eigenvalue weighted by Gasteiger charge is -2.46. The second kappa shape index (κ2) is 10.8. The summed E-state index contributed by atoms with van der Waals surface area (Å²) in [5.74, 6) is -6.53. The predicted octanol–water partition coefficient (Wildman–Crippen LogP) is 3.75. The second-order valence-corrected chi connectivity index (χ2v) is 13.1. The summed E-state index contributed by atoms with van der Waals surface area (Å²) in [6.45, 7) is 2.07. The van der Waals surface area contributed by atoms with Crippen molar-refractivity contribution in [1.29, 1.82) is 0 Å². The number of primary amides is 1. The fourth-order valence-corrected chi connectivity index (χ4v) is 7.86. The number of nitrogens with two attached hydrogens (primary N) is 1. The highest BCUT2D eigenvalue weighted by Crippen LogP contribution is 2.52. The van der Waals surface area contributed by atoms with Crippen molar-refractivity contribution in [2.24, 2.45) is 29.4 Å². The molecule has 1 aromatic carbocycles. The SMILES string of the molecule is NC(=O)C1=C(O)[C@@]2(O)C(=O)C3=C(O)c4c(O)cc(CN(CC5CCCCCC5)CC5CC5)c(F)c4CC3C[C@H]2CC1=O. The summed E-state index contributed by atoms with van der Waals surface area (Å²) in [7, 11) is 0. The Labute approximate surface area is 243 Å². The quantitative estimate of drug-likeness (QED) is 0.240. The first-order valence-electron chi connectivity index (χ1n) is 15.2. The summed E-state index contributed by atoms with van der Waals surface area (Å²) in [5, 5.41) is 44.4. The number of hydrogen-bond donors (Lipinski definition) is 5. The molecule has 0 aromatic heterocycles. The van der Waals surface area contributed by atoms with E-state index in [0.717, 1.165) is 38.8 Å². The summed E-state index contributed by atoms with van der Waals surface area (Å²) >= 11 is 0. The second-order valence-electron chi connectivity index (χ2n) is 13.1. The van der Waals surface area contributed by atoms with Gasteiger partial charge in [0.05, 0.1) is 5.56 Å². The maximum Gasteiger partial charge on any atom is 0.255 e. The third kappa shape index (κ3) is 4.82. The molecule has 0 aliphatic heterocycles. The zero-order valence-electron chi connectivity index (χ0n) is 23.7. The molecule has 1 aromatic rings. The van der Waals surface area contributed by atoms with Gasteiger partial charge in [0.25, 0.3) is 5.91 Å². The van der Waals surface area contributed by atoms with Crippen LogP contribution in [0.2, 0.25) is 0 Å². The van der Waals surface area contributed by atoms with Gasteiger partial charge >= 0.3 is 0 Å². The summed E-state index contributed by atoms with van der Waals surface area (Å²) < 4.78 is 16.2. The van der Waals surface area contributed by atoms with Crippen LogP contribution in [0.15, 0.2) is 23.0 Å². The molecule has 5 aliphatic rings. The molecule has 1 amide bonds. The van der Waals surface area contributed by atoms with Gasteiger partial charge in [0.1, 0.15) is 28.7 Å². The molecule has 3 fully saturated rings. The number of benzene rings is 1. The molecule has 0 saturated heterocycles. The first-order valence-corrected chi connectivity index (χ1v) is 15.2. The Morgan fingerprint density at radius 1 is 1.00 bits per heavy atom. The molecular weight excluding hydrogens is 543 g/mol. The van der Waals surface area contributed by atoms with Crippen LogP contribution in [-0.2, 0) is 27.3 Å². The molecule has 6 N–H and O–H groups in total. The van der Waals surface area contributed by atoms with Gasteiger partial charge in [-0.05, 0) is 62.3 Å². The molecule has 42 heavy (non-hydrogen) atoms. The number of hydrogen-bond acceptors (Lipinski definition) is 8. The van der Waals surface area contributed by atoms with Gasteiger partial charge in [-0.3, -0.25) is 19.3 Å². The van der Waals surface area contributed by atoms with Crippen LogP contribution in [0.5, 0.6) is 5.75 Å². The van der Waals surface area contributed by atoms with E-state index in [1.54, 1.807) is 0 Å². The van der Waals surface area contributed by atoms with Gasteiger partial charge in [-0.25, -0.2) is 4.39 Å². The van der Waals surface area contributed by atoms with Crippen LogP contribution in [0.25, 0.3) is 5.76 Å². The third-order valence-electron chi connectivity index (χ3n) is 10.2. The van der Waals surface area contributed by atoms with E-state index in [1.165, 1.54) is 31.7 Å². The van der Waals surface area contributed by atoms with E-state index in [1.807, 2.05) is 0 Å². The van der Waals surface area contributed by atoms with E-state index in [2.05, 4.69) is 4.90 Å². The molecule has 0 spiro atoms. The molecule has 5 aliphatic carbocycles. The van der Waals surface area contributed by atoms with Crippen LogP contribution in [0.4, 0.5) is 4.39 Å². The largest absolute Gasteiger partial charge is 0.508 e. The van der Waals surface area contributed by atoms with Crippen molar-refractivity contribution >= 4 is 23.2 Å². The fraction of sp³-hybridized carbons (Fsp3) is 0.594. The number of nitrogens with zero attached hydrogens (tertiary/aromatic N) is 1. The molecule has 3 saturated carbocycles. The molecule has 9 nitrogen and oxygen atoms in total. The van der Waals surface area contributed by atoms with Crippen LogP contribution in [0.1, 0.15) is 80.9 Å². The number of phenols is 1. The Hall–Kier alpha value is -3.24. The maximum absolute atomic E-state index is 16.2. The lowest BCUT2D eigenvalue weighted by Crippen LogP contribution is -2.58. The minimum atomic E-state index is -2.63. The number of halogens is 1. The Bertz CT molecular complexity index is 1410. The van der Waals surface area contributed by atoms with Gasteiger partial charge in [-0.15, -0.1) is 0 Å². The van der Waals surface area contributed by atoms with Gasteiger partial charge in [-0.2, -0.15) is 0 Å². The number of carbonyl (C=O) groups excluding carboxylic acids is 3. The fourth-order valence-electron chi connectivity index (χ4n) is 7.86. The lowest BCUT2D eigenvalue weighted by atomic mass is 9.59. The number of Topliss-reactive ketones (excluding diaryl/α,β-unsaturated/α-hetero) is 2. The predicted molar refractivity (Wildman–Crippen MR) is 151 cm³/mol. The van der Waals surface area contributed by atoms with Gasteiger partial charge in [-0.1, -0.05) is 25.7 Å². The molecule has 226 valence electrons. The number of rotatable bonds is 7. The number of fused-ring (bicyclic) bond motifs is 3. The van der Waals surface area contributed by atoms with Crippen LogP contribution in [-0.4, -0.2) is 61.5 Å². The molecule has 0 radical (unpaired) electrons. The number of amides is 1. The Balaban J connectivity index is 1.34. The Morgan fingerprint density at radius 3 is 2.26 bits per heavy atom. The highest BCUT2D eigenvalue weighted by Gasteiger charge is 2.60. The Morgan fingerprint density at radius 2 is 1.64 bits per heavy atom. The zero-order chi connectivity index (χ0) is 29.9. The molecule has 3 atom stereocenters. The van der Waals surface area contributed by atoms with Crippen LogP contribution < -0.4 is 5.73 Å². The summed E-state index contributed by atoms with van der Waals surface area (Å²) in [5.41, 5.74) is 1.71. The van der Waals surface area contributed by atoms with Crippen LogP contribution in [0, 0.1) is 29.5 Å². The Kier molecular flexibility index (Phi) is 7.42. The van der Waals surface area contributed by atoms with Crippen molar-refractivity contribution in [2.45, 2.75) is 82.8 Å². The first-order chi connectivity index (χ1) is 20.0. The van der Waals surface area contributed by atoms with E-state index < -0.39 is 64.2 Å². The maximum atomic E-state index is 16.2. The monoisotopic (exact) mass is 582 g/mol. The van der Waals surface area contributed by atoms with Crippen molar-refractivity contribution < 1.29 is 39.2 Å². The highest BCUT2D eigenvalue weighted by atomic mass is 19.1. The number of aliphatic hydroxyl groups excluding tert-OH is 2. The number of carbonyl (C=O) groups is 3. The summed E-state index contributed by atoms with van der Waals surface area (Å²) in [4.78, 5) is 40.3. The van der Waals surface area contributed by atoms with Crippen molar-refractivity contribution in [2.75, 3.05) is 13.1 Å². The standard InChI is InChI=1S/C32H39FN2O7/c33-27-19(15-35(14-17-7-8-17)13-16-5-3-1-2-4-6-16)11-22(36)25-21(27)10-18-9-20-12-23(37)26(31(34)41)30(40)32(20,42)29(39)24(18)28(25)38/h11,16-18,20,36,38,40,42H,1-10,12-15H2,(H2,34,41)/t18?,20-,32-/m0/s1. The number of aromatic hydroxyl groups is 1. The zero-order valence-corrected chi connectivity index (χ0v) is 23.7. The van der Waals surface area contributed by atoms with Gasteiger partial charge in [0, 0.05) is 48.7 Å². The van der Waals surface area contributed by atoms with Crippen molar-refractivity contribution in [3.05, 3.63) is 45.5 Å². The highest BCUT2D eigenvalue weighted by molar-refractivity contribution is 6.22. The molecule has 1 unspecified atom stereocenters. The molecule has 10 heteroatoms.